The molecule has 19 heavy (non-hydrogen) atoms. The Labute approximate surface area is 125 Å². The SMILES string of the molecule is CCc1c(/C=C(\C)Cl)c(SC)cc2c1C(C)CC2N. The quantitative estimate of drug-likeness (QED) is 0.787. The van der Waals surface area contributed by atoms with Crippen LogP contribution in [0.25, 0.3) is 6.08 Å². The Morgan fingerprint density at radius 2 is 2.26 bits per heavy atom. The second kappa shape index (κ2) is 5.90. The lowest BCUT2D eigenvalue weighted by atomic mass is 9.91. The molecule has 104 valence electrons. The highest BCUT2D eigenvalue weighted by Crippen LogP contribution is 2.45. The maximum Gasteiger partial charge on any atom is 0.0303 e. The number of hydrogen-bond acceptors (Lipinski definition) is 2. The first-order chi connectivity index (χ1) is 8.99. The van der Waals surface area contributed by atoms with E-state index in [4.69, 9.17) is 17.3 Å². The van der Waals surface area contributed by atoms with Gasteiger partial charge in [-0.05, 0) is 66.3 Å². The van der Waals surface area contributed by atoms with E-state index in [0.717, 1.165) is 17.9 Å². The van der Waals surface area contributed by atoms with Crippen molar-refractivity contribution >= 4 is 29.4 Å². The van der Waals surface area contributed by atoms with Crippen molar-refractivity contribution < 1.29 is 0 Å². The summed E-state index contributed by atoms with van der Waals surface area (Å²) in [4.78, 5) is 1.29. The highest BCUT2D eigenvalue weighted by molar-refractivity contribution is 7.98. The van der Waals surface area contributed by atoms with E-state index in [1.807, 2.05) is 6.92 Å². The first kappa shape index (κ1) is 15.0. The normalized spacial score (nSPS) is 22.7. The largest absolute Gasteiger partial charge is 0.324 e. The second-order valence-electron chi connectivity index (χ2n) is 5.30. The highest BCUT2D eigenvalue weighted by atomic mass is 35.5. The van der Waals surface area contributed by atoms with Crippen LogP contribution in [0.15, 0.2) is 16.0 Å². The van der Waals surface area contributed by atoms with E-state index < -0.39 is 0 Å². The molecule has 1 aliphatic rings. The molecular weight excluding hydrogens is 274 g/mol. The Morgan fingerprint density at radius 1 is 1.58 bits per heavy atom. The minimum atomic E-state index is 0.191. The van der Waals surface area contributed by atoms with E-state index in [1.165, 1.54) is 27.1 Å². The number of thioether (sulfide) groups is 1. The molecule has 1 nitrogen and oxygen atoms in total. The van der Waals surface area contributed by atoms with Crippen molar-refractivity contribution in [3.63, 3.8) is 0 Å². The summed E-state index contributed by atoms with van der Waals surface area (Å²) in [5, 5.41) is 0.833. The zero-order chi connectivity index (χ0) is 14.2. The summed E-state index contributed by atoms with van der Waals surface area (Å²) in [6.07, 6.45) is 6.31. The summed E-state index contributed by atoms with van der Waals surface area (Å²) in [5.41, 5.74) is 11.8. The Kier molecular flexibility index (Phi) is 4.65. The third-order valence-electron chi connectivity index (χ3n) is 3.93. The van der Waals surface area contributed by atoms with E-state index in [9.17, 15) is 0 Å². The fourth-order valence-electron chi connectivity index (χ4n) is 3.19. The molecule has 3 heteroatoms. The lowest BCUT2D eigenvalue weighted by molar-refractivity contribution is 0.638. The molecule has 2 unspecified atom stereocenters. The number of rotatable bonds is 3. The molecule has 0 fully saturated rings. The molecule has 0 bridgehead atoms. The lowest BCUT2D eigenvalue weighted by Crippen LogP contribution is -2.06. The molecule has 2 N–H and O–H groups in total. The predicted molar refractivity (Wildman–Crippen MR) is 87.1 cm³/mol. The Hall–Kier alpha value is -0.440. The number of nitrogens with two attached hydrogens (primary N) is 1. The van der Waals surface area contributed by atoms with Crippen molar-refractivity contribution in [2.24, 2.45) is 5.73 Å². The van der Waals surface area contributed by atoms with Gasteiger partial charge in [0, 0.05) is 16.0 Å². The van der Waals surface area contributed by atoms with Crippen molar-refractivity contribution in [2.45, 2.75) is 50.5 Å². The van der Waals surface area contributed by atoms with Crippen LogP contribution in [-0.2, 0) is 6.42 Å². The van der Waals surface area contributed by atoms with Gasteiger partial charge in [0.25, 0.3) is 0 Å². The van der Waals surface area contributed by atoms with Crippen LogP contribution in [-0.4, -0.2) is 6.26 Å². The van der Waals surface area contributed by atoms with Crippen molar-refractivity contribution in [1.29, 1.82) is 0 Å². The highest BCUT2D eigenvalue weighted by Gasteiger charge is 2.29. The van der Waals surface area contributed by atoms with Gasteiger partial charge >= 0.3 is 0 Å². The maximum absolute atomic E-state index is 6.28. The first-order valence-electron chi connectivity index (χ1n) is 6.82. The molecule has 2 rings (SSSR count). The van der Waals surface area contributed by atoms with Crippen molar-refractivity contribution in [1.82, 2.24) is 0 Å². The molecule has 1 aliphatic carbocycles. The van der Waals surface area contributed by atoms with Crippen LogP contribution in [0.4, 0.5) is 0 Å². The smallest absolute Gasteiger partial charge is 0.0303 e. The number of halogens is 1. The second-order valence-corrected chi connectivity index (χ2v) is 6.75. The Balaban J connectivity index is 2.74. The summed E-state index contributed by atoms with van der Waals surface area (Å²) in [6.45, 7) is 6.44. The third-order valence-corrected chi connectivity index (χ3v) is 4.82. The summed E-state index contributed by atoms with van der Waals surface area (Å²) in [5.74, 6) is 0.554. The van der Waals surface area contributed by atoms with Crippen LogP contribution >= 0.6 is 23.4 Å². The van der Waals surface area contributed by atoms with Crippen LogP contribution in [0.5, 0.6) is 0 Å². The Bertz CT molecular complexity index is 518. The van der Waals surface area contributed by atoms with E-state index in [0.29, 0.717) is 5.92 Å². The molecule has 0 saturated carbocycles. The van der Waals surface area contributed by atoms with Crippen LogP contribution in [0.1, 0.15) is 61.4 Å². The fraction of sp³-hybridized carbons (Fsp3) is 0.500. The van der Waals surface area contributed by atoms with Crippen molar-refractivity contribution in [2.75, 3.05) is 6.26 Å². The zero-order valence-electron chi connectivity index (χ0n) is 12.1. The lowest BCUT2D eigenvalue weighted by Gasteiger charge is -2.18. The molecule has 2 atom stereocenters. The molecule has 1 aromatic rings. The summed E-state index contributed by atoms with van der Waals surface area (Å²) < 4.78 is 0. The maximum atomic E-state index is 6.28. The number of allylic oxidation sites excluding steroid dienone is 1. The topological polar surface area (TPSA) is 26.0 Å². The molecule has 1 aromatic carbocycles. The van der Waals surface area contributed by atoms with Crippen molar-refractivity contribution in [3.8, 4) is 0 Å². The Morgan fingerprint density at radius 3 is 2.79 bits per heavy atom. The van der Waals surface area contributed by atoms with E-state index in [1.54, 1.807) is 11.8 Å². The van der Waals surface area contributed by atoms with Gasteiger partial charge in [-0.25, -0.2) is 0 Å². The standard InChI is InChI=1S/C16H22ClNS/c1-5-11-12(7-10(3)17)15(19-4)8-13-14(18)6-9(2)16(11)13/h7-9,14H,5-6,18H2,1-4H3/b10-7+. The van der Waals surface area contributed by atoms with E-state index >= 15 is 0 Å². The van der Waals surface area contributed by atoms with Crippen LogP contribution < -0.4 is 5.73 Å². The monoisotopic (exact) mass is 295 g/mol. The van der Waals surface area contributed by atoms with Gasteiger partial charge in [0.2, 0.25) is 0 Å². The van der Waals surface area contributed by atoms with Gasteiger partial charge in [0.05, 0.1) is 0 Å². The number of fused-ring (bicyclic) bond motifs is 1. The molecule has 0 heterocycles. The molecule has 0 aliphatic heterocycles. The van der Waals surface area contributed by atoms with Gasteiger partial charge in [-0.3, -0.25) is 0 Å². The molecule has 0 radical (unpaired) electrons. The van der Waals surface area contributed by atoms with Gasteiger partial charge in [-0.15, -0.1) is 11.8 Å². The van der Waals surface area contributed by atoms with Gasteiger partial charge < -0.3 is 5.73 Å². The average Bonchev–Trinajstić information content (AvgIpc) is 2.63. The summed E-state index contributed by atoms with van der Waals surface area (Å²) in [7, 11) is 0. The number of hydrogen-bond donors (Lipinski definition) is 1. The van der Waals surface area contributed by atoms with Gasteiger partial charge in [0.1, 0.15) is 0 Å². The fourth-order valence-corrected chi connectivity index (χ4v) is 3.94. The van der Waals surface area contributed by atoms with E-state index in [2.05, 4.69) is 32.2 Å². The molecule has 0 aromatic heterocycles. The molecule has 0 spiro atoms. The zero-order valence-corrected chi connectivity index (χ0v) is 13.7. The predicted octanol–water partition coefficient (Wildman–Crippen LogP) is 5.08. The average molecular weight is 296 g/mol. The minimum Gasteiger partial charge on any atom is -0.324 e. The van der Waals surface area contributed by atoms with Crippen LogP contribution in [0, 0.1) is 0 Å². The van der Waals surface area contributed by atoms with Gasteiger partial charge in [0.15, 0.2) is 0 Å². The third kappa shape index (κ3) is 2.72. The molecular formula is C16H22ClNS. The summed E-state index contributed by atoms with van der Waals surface area (Å²) >= 11 is 7.89. The molecule has 0 saturated heterocycles. The number of benzene rings is 1. The van der Waals surface area contributed by atoms with Crippen LogP contribution in [0.2, 0.25) is 0 Å². The minimum absolute atomic E-state index is 0.191. The van der Waals surface area contributed by atoms with Gasteiger partial charge in [-0.2, -0.15) is 0 Å². The summed E-state index contributed by atoms with van der Waals surface area (Å²) in [6, 6.07) is 2.47. The molecule has 0 amide bonds. The van der Waals surface area contributed by atoms with Gasteiger partial charge in [-0.1, -0.05) is 25.4 Å². The first-order valence-corrected chi connectivity index (χ1v) is 8.42. The van der Waals surface area contributed by atoms with Crippen molar-refractivity contribution in [3.05, 3.63) is 33.4 Å². The van der Waals surface area contributed by atoms with E-state index in [-0.39, 0.29) is 6.04 Å². The van der Waals surface area contributed by atoms with Crippen LogP contribution in [0.3, 0.4) is 0 Å².